The van der Waals surface area contributed by atoms with Crippen molar-refractivity contribution in [2.75, 3.05) is 13.1 Å². The van der Waals surface area contributed by atoms with E-state index >= 15 is 0 Å². The van der Waals surface area contributed by atoms with Gasteiger partial charge in [0.2, 0.25) is 0 Å². The number of likely N-dealkylation sites (tertiary alicyclic amines) is 1. The SMILES string of the molecule is CCn1cc(C(=O)N2CCCC(c3cnccn3)C2)cn1. The largest absolute Gasteiger partial charge is 0.338 e. The Balaban J connectivity index is 1.72. The highest BCUT2D eigenvalue weighted by Gasteiger charge is 2.26. The van der Waals surface area contributed by atoms with Gasteiger partial charge >= 0.3 is 0 Å². The Morgan fingerprint density at radius 3 is 3.00 bits per heavy atom. The van der Waals surface area contributed by atoms with E-state index in [2.05, 4.69) is 15.1 Å². The lowest BCUT2D eigenvalue weighted by molar-refractivity contribution is 0.0705. The fraction of sp³-hybridized carbons (Fsp3) is 0.467. The van der Waals surface area contributed by atoms with Crippen LogP contribution in [0, 0.1) is 0 Å². The highest BCUT2D eigenvalue weighted by atomic mass is 16.2. The standard InChI is InChI=1S/C15H19N5O/c1-2-20-11-13(8-18-20)15(21)19-7-3-4-12(10-19)14-9-16-5-6-17-14/h5-6,8-9,11-12H,2-4,7,10H2,1H3. The third-order valence-corrected chi connectivity index (χ3v) is 3.91. The molecule has 0 radical (unpaired) electrons. The molecule has 1 fully saturated rings. The third-order valence-electron chi connectivity index (χ3n) is 3.91. The number of carbonyl (C=O) groups excluding carboxylic acids is 1. The number of rotatable bonds is 3. The average Bonchev–Trinajstić information content (AvgIpc) is 3.04. The van der Waals surface area contributed by atoms with E-state index in [-0.39, 0.29) is 11.8 Å². The number of aryl methyl sites for hydroxylation is 1. The van der Waals surface area contributed by atoms with Crippen LogP contribution in [-0.4, -0.2) is 43.6 Å². The molecule has 110 valence electrons. The zero-order valence-corrected chi connectivity index (χ0v) is 12.1. The summed E-state index contributed by atoms with van der Waals surface area (Å²) in [6.07, 6.45) is 10.7. The topological polar surface area (TPSA) is 63.9 Å². The van der Waals surface area contributed by atoms with E-state index in [0.717, 1.165) is 31.6 Å². The van der Waals surface area contributed by atoms with Crippen molar-refractivity contribution in [3.8, 4) is 0 Å². The molecule has 0 aliphatic carbocycles. The average molecular weight is 285 g/mol. The summed E-state index contributed by atoms with van der Waals surface area (Å²) in [4.78, 5) is 22.9. The van der Waals surface area contributed by atoms with Crippen molar-refractivity contribution < 1.29 is 4.79 Å². The van der Waals surface area contributed by atoms with Gasteiger partial charge in [0.1, 0.15) is 0 Å². The summed E-state index contributed by atoms with van der Waals surface area (Å²) in [6, 6.07) is 0. The number of piperidine rings is 1. The number of nitrogens with zero attached hydrogens (tertiary/aromatic N) is 5. The summed E-state index contributed by atoms with van der Waals surface area (Å²) in [7, 11) is 0. The quantitative estimate of drug-likeness (QED) is 0.861. The minimum Gasteiger partial charge on any atom is -0.338 e. The lowest BCUT2D eigenvalue weighted by Crippen LogP contribution is -2.39. The molecule has 0 N–H and O–H groups in total. The van der Waals surface area contributed by atoms with Crippen LogP contribution in [0.15, 0.2) is 31.0 Å². The van der Waals surface area contributed by atoms with Crippen LogP contribution in [0.2, 0.25) is 0 Å². The van der Waals surface area contributed by atoms with Crippen molar-refractivity contribution >= 4 is 5.91 Å². The molecule has 3 heterocycles. The van der Waals surface area contributed by atoms with Crippen LogP contribution in [0.25, 0.3) is 0 Å². The Labute approximate surface area is 123 Å². The van der Waals surface area contributed by atoms with Gasteiger partial charge in [-0.15, -0.1) is 0 Å². The van der Waals surface area contributed by atoms with E-state index in [4.69, 9.17) is 0 Å². The first-order valence-electron chi connectivity index (χ1n) is 7.35. The first-order valence-corrected chi connectivity index (χ1v) is 7.35. The molecule has 21 heavy (non-hydrogen) atoms. The second-order valence-corrected chi connectivity index (χ2v) is 5.31. The van der Waals surface area contributed by atoms with E-state index in [1.807, 2.05) is 18.0 Å². The molecule has 2 aromatic rings. The minimum absolute atomic E-state index is 0.0586. The minimum atomic E-state index is 0.0586. The molecule has 3 rings (SSSR count). The van der Waals surface area contributed by atoms with Gasteiger partial charge in [-0.1, -0.05) is 0 Å². The van der Waals surface area contributed by atoms with Gasteiger partial charge in [0.15, 0.2) is 0 Å². The highest BCUT2D eigenvalue weighted by molar-refractivity contribution is 5.93. The Kier molecular flexibility index (Phi) is 3.94. The van der Waals surface area contributed by atoms with Crippen molar-refractivity contribution in [1.29, 1.82) is 0 Å². The van der Waals surface area contributed by atoms with Gasteiger partial charge in [-0.05, 0) is 19.8 Å². The van der Waals surface area contributed by atoms with Crippen LogP contribution in [0.3, 0.4) is 0 Å². The zero-order chi connectivity index (χ0) is 14.7. The number of hydrogen-bond donors (Lipinski definition) is 0. The number of aromatic nitrogens is 4. The van der Waals surface area contributed by atoms with Crippen LogP contribution in [0.4, 0.5) is 0 Å². The first-order chi connectivity index (χ1) is 10.3. The molecule has 1 aliphatic heterocycles. The Morgan fingerprint density at radius 1 is 1.38 bits per heavy atom. The summed E-state index contributed by atoms with van der Waals surface area (Å²) in [5.74, 6) is 0.334. The van der Waals surface area contributed by atoms with E-state index in [1.165, 1.54) is 0 Å². The summed E-state index contributed by atoms with van der Waals surface area (Å²) in [6.45, 7) is 4.28. The highest BCUT2D eigenvalue weighted by Crippen LogP contribution is 2.25. The molecule has 1 saturated heterocycles. The van der Waals surface area contributed by atoms with E-state index < -0.39 is 0 Å². The predicted molar refractivity (Wildman–Crippen MR) is 77.8 cm³/mol. The summed E-state index contributed by atoms with van der Waals surface area (Å²) in [5, 5.41) is 4.17. The van der Waals surface area contributed by atoms with Crippen molar-refractivity contribution in [2.45, 2.75) is 32.2 Å². The molecule has 1 atom stereocenters. The fourth-order valence-electron chi connectivity index (χ4n) is 2.75. The normalized spacial score (nSPS) is 18.7. The van der Waals surface area contributed by atoms with Gasteiger partial charge in [0, 0.05) is 50.3 Å². The van der Waals surface area contributed by atoms with Gasteiger partial charge in [0.25, 0.3) is 5.91 Å². The molecule has 1 unspecified atom stereocenters. The smallest absolute Gasteiger partial charge is 0.257 e. The summed E-state index contributed by atoms with van der Waals surface area (Å²) < 4.78 is 1.78. The molecule has 6 nitrogen and oxygen atoms in total. The maximum Gasteiger partial charge on any atom is 0.257 e. The van der Waals surface area contributed by atoms with Crippen molar-refractivity contribution in [1.82, 2.24) is 24.6 Å². The van der Waals surface area contributed by atoms with Crippen LogP contribution in [0.5, 0.6) is 0 Å². The summed E-state index contributed by atoms with van der Waals surface area (Å²) >= 11 is 0. The van der Waals surface area contributed by atoms with Crippen molar-refractivity contribution in [3.63, 3.8) is 0 Å². The van der Waals surface area contributed by atoms with Gasteiger partial charge in [0.05, 0.1) is 17.5 Å². The lowest BCUT2D eigenvalue weighted by Gasteiger charge is -2.32. The summed E-state index contributed by atoms with van der Waals surface area (Å²) in [5.41, 5.74) is 1.64. The van der Waals surface area contributed by atoms with Gasteiger partial charge in [-0.3, -0.25) is 19.4 Å². The number of carbonyl (C=O) groups is 1. The molecular formula is C15H19N5O. The maximum absolute atomic E-state index is 12.5. The molecule has 0 bridgehead atoms. The maximum atomic E-state index is 12.5. The molecular weight excluding hydrogens is 266 g/mol. The molecule has 1 amide bonds. The predicted octanol–water partition coefficient (Wildman–Crippen LogP) is 1.71. The Bertz CT molecular complexity index is 610. The van der Waals surface area contributed by atoms with Crippen LogP contribution < -0.4 is 0 Å². The Hall–Kier alpha value is -2.24. The fourth-order valence-corrected chi connectivity index (χ4v) is 2.75. The molecule has 0 spiro atoms. The van der Waals surface area contributed by atoms with Crippen LogP contribution in [0.1, 0.15) is 41.7 Å². The second kappa shape index (κ2) is 6.03. The first kappa shape index (κ1) is 13.7. The second-order valence-electron chi connectivity index (χ2n) is 5.31. The van der Waals surface area contributed by atoms with E-state index in [0.29, 0.717) is 12.1 Å². The molecule has 2 aromatic heterocycles. The Morgan fingerprint density at radius 2 is 2.29 bits per heavy atom. The van der Waals surface area contributed by atoms with Gasteiger partial charge in [-0.25, -0.2) is 0 Å². The van der Waals surface area contributed by atoms with Crippen molar-refractivity contribution in [2.24, 2.45) is 0 Å². The van der Waals surface area contributed by atoms with Crippen LogP contribution >= 0.6 is 0 Å². The monoisotopic (exact) mass is 285 g/mol. The molecule has 0 saturated carbocycles. The molecule has 1 aliphatic rings. The van der Waals surface area contributed by atoms with Gasteiger partial charge in [-0.2, -0.15) is 5.10 Å². The van der Waals surface area contributed by atoms with Crippen LogP contribution in [-0.2, 0) is 6.54 Å². The zero-order valence-electron chi connectivity index (χ0n) is 12.1. The van der Waals surface area contributed by atoms with E-state index in [9.17, 15) is 4.79 Å². The molecule has 6 heteroatoms. The molecule has 0 aromatic carbocycles. The van der Waals surface area contributed by atoms with E-state index in [1.54, 1.807) is 29.5 Å². The number of hydrogen-bond acceptors (Lipinski definition) is 4. The third kappa shape index (κ3) is 2.94. The van der Waals surface area contributed by atoms with Gasteiger partial charge < -0.3 is 4.90 Å². The van der Waals surface area contributed by atoms with Crippen molar-refractivity contribution in [3.05, 3.63) is 42.2 Å². The lowest BCUT2D eigenvalue weighted by atomic mass is 9.94. The number of amides is 1.